The van der Waals surface area contributed by atoms with Gasteiger partial charge in [0.25, 0.3) is 5.91 Å². The number of nitrogens with zero attached hydrogens (tertiary/aromatic N) is 3. The van der Waals surface area contributed by atoms with E-state index >= 15 is 0 Å². The van der Waals surface area contributed by atoms with E-state index in [9.17, 15) is 9.59 Å². The van der Waals surface area contributed by atoms with Crippen LogP contribution in [0.15, 0.2) is 78.1 Å². The Morgan fingerprint density at radius 3 is 2.39 bits per heavy atom. The summed E-state index contributed by atoms with van der Waals surface area (Å²) in [4.78, 5) is 30.3. The van der Waals surface area contributed by atoms with Crippen LogP contribution in [-0.4, -0.2) is 45.6 Å². The molecule has 188 valence electrons. The van der Waals surface area contributed by atoms with Crippen molar-refractivity contribution in [3.63, 3.8) is 0 Å². The van der Waals surface area contributed by atoms with Crippen LogP contribution in [0.3, 0.4) is 0 Å². The van der Waals surface area contributed by atoms with Crippen LogP contribution in [0.5, 0.6) is 0 Å². The lowest BCUT2D eigenvalue weighted by Gasteiger charge is -2.36. The molecule has 1 aliphatic carbocycles. The molecule has 2 heterocycles. The van der Waals surface area contributed by atoms with Gasteiger partial charge in [-0.15, -0.1) is 6.58 Å². The van der Waals surface area contributed by atoms with Crippen LogP contribution in [0.1, 0.15) is 54.2 Å². The highest BCUT2D eigenvalue weighted by molar-refractivity contribution is 5.99. The molecule has 3 aromatic rings. The van der Waals surface area contributed by atoms with Gasteiger partial charge in [0.1, 0.15) is 5.69 Å². The maximum absolute atomic E-state index is 14.4. The Kier molecular flexibility index (Phi) is 7.52. The van der Waals surface area contributed by atoms with E-state index in [-0.39, 0.29) is 23.7 Å². The maximum Gasteiger partial charge on any atom is 0.329 e. The molecule has 1 aromatic heterocycles. The largest absolute Gasteiger partial charge is 0.331 e. The minimum absolute atomic E-state index is 0.0163. The molecule has 36 heavy (non-hydrogen) atoms. The molecule has 0 radical (unpaired) electrons. The summed E-state index contributed by atoms with van der Waals surface area (Å²) in [6.07, 6.45) is 7.85. The van der Waals surface area contributed by atoms with E-state index < -0.39 is 0 Å². The van der Waals surface area contributed by atoms with Gasteiger partial charge in [0.15, 0.2) is 0 Å². The smallest absolute Gasteiger partial charge is 0.329 e. The van der Waals surface area contributed by atoms with Crippen molar-refractivity contribution in [2.75, 3.05) is 19.6 Å². The Morgan fingerprint density at radius 2 is 1.69 bits per heavy atom. The van der Waals surface area contributed by atoms with Crippen molar-refractivity contribution >= 4 is 5.91 Å². The fraction of sp³-hybridized carbons (Fsp3) is 0.400. The third kappa shape index (κ3) is 4.82. The number of aromatic nitrogens is 2. The molecule has 5 rings (SSSR count). The predicted molar refractivity (Wildman–Crippen MR) is 144 cm³/mol. The molecule has 1 atom stereocenters. The first-order valence-corrected chi connectivity index (χ1v) is 13.3. The lowest BCUT2D eigenvalue weighted by Crippen LogP contribution is -2.55. The van der Waals surface area contributed by atoms with Crippen LogP contribution < -0.4 is 11.0 Å². The lowest BCUT2D eigenvalue weighted by molar-refractivity contribution is 0.0626. The number of nitrogens with one attached hydrogen (secondary N) is 1. The van der Waals surface area contributed by atoms with Crippen molar-refractivity contribution < 1.29 is 4.79 Å². The molecule has 0 unspecified atom stereocenters. The Balaban J connectivity index is 1.63. The van der Waals surface area contributed by atoms with Gasteiger partial charge in [0, 0.05) is 43.8 Å². The molecule has 1 N–H and O–H groups in total. The van der Waals surface area contributed by atoms with Gasteiger partial charge in [-0.05, 0) is 24.8 Å². The van der Waals surface area contributed by atoms with Crippen LogP contribution in [0.4, 0.5) is 0 Å². The van der Waals surface area contributed by atoms with Crippen LogP contribution >= 0.6 is 0 Å². The van der Waals surface area contributed by atoms with Crippen LogP contribution in [0.25, 0.3) is 11.3 Å². The Hall–Kier alpha value is -3.38. The quantitative estimate of drug-likeness (QED) is 0.496. The van der Waals surface area contributed by atoms with Crippen molar-refractivity contribution in [1.82, 2.24) is 19.4 Å². The standard InChI is InChI=1S/C30H36N4O2/c1-2-19-33-28(29(35)32-20-18-31-22-26(32)21-23-12-6-3-7-13-23)27(24-14-8-4-9-15-24)34(30(33)36)25-16-10-5-11-17-25/h2-4,6-9,12-15,25-26,31H,1,5,10-11,16-22H2/t26-/m1/s1. The van der Waals surface area contributed by atoms with E-state index in [1.165, 1.54) is 12.0 Å². The van der Waals surface area contributed by atoms with Crippen molar-refractivity contribution in [3.8, 4) is 11.3 Å². The summed E-state index contributed by atoms with van der Waals surface area (Å²) in [6, 6.07) is 20.4. The Bertz CT molecular complexity index is 1240. The number of rotatable bonds is 7. The number of amides is 1. The minimum Gasteiger partial charge on any atom is -0.331 e. The fourth-order valence-corrected chi connectivity index (χ4v) is 5.86. The van der Waals surface area contributed by atoms with E-state index in [0.29, 0.717) is 18.8 Å². The summed E-state index contributed by atoms with van der Waals surface area (Å²) in [6.45, 7) is 6.30. The fourth-order valence-electron chi connectivity index (χ4n) is 5.86. The van der Waals surface area contributed by atoms with Gasteiger partial charge in [-0.2, -0.15) is 0 Å². The zero-order valence-electron chi connectivity index (χ0n) is 20.9. The van der Waals surface area contributed by atoms with Gasteiger partial charge in [-0.3, -0.25) is 13.9 Å². The molecule has 2 fully saturated rings. The van der Waals surface area contributed by atoms with Gasteiger partial charge < -0.3 is 10.2 Å². The van der Waals surface area contributed by atoms with E-state index in [4.69, 9.17) is 0 Å². The molecule has 6 nitrogen and oxygen atoms in total. The summed E-state index contributed by atoms with van der Waals surface area (Å²) in [5, 5.41) is 3.46. The van der Waals surface area contributed by atoms with Gasteiger partial charge in [-0.25, -0.2) is 4.79 Å². The van der Waals surface area contributed by atoms with Crippen LogP contribution in [0, 0.1) is 0 Å². The number of allylic oxidation sites excluding steroid dienone is 1. The second-order valence-electron chi connectivity index (χ2n) is 9.95. The number of piperazine rings is 1. The first kappa shape index (κ1) is 24.3. The van der Waals surface area contributed by atoms with Crippen molar-refractivity contribution in [3.05, 3.63) is 95.1 Å². The first-order valence-electron chi connectivity index (χ1n) is 13.3. The summed E-state index contributed by atoms with van der Waals surface area (Å²) < 4.78 is 3.59. The second-order valence-corrected chi connectivity index (χ2v) is 9.95. The molecule has 1 aliphatic heterocycles. The SMILES string of the molecule is C=CCn1c(C(=O)N2CCNC[C@H]2Cc2ccccc2)c(-c2ccccc2)n(C2CCCCC2)c1=O. The molecule has 6 heteroatoms. The second kappa shape index (κ2) is 11.1. The number of imidazole rings is 1. The van der Waals surface area contributed by atoms with Gasteiger partial charge in [-0.1, -0.05) is 86.0 Å². The number of hydrogen-bond acceptors (Lipinski definition) is 3. The average Bonchev–Trinajstić information content (AvgIpc) is 3.22. The molecule has 1 saturated carbocycles. The zero-order chi connectivity index (χ0) is 24.9. The van der Waals surface area contributed by atoms with Gasteiger partial charge in [0.2, 0.25) is 0 Å². The Morgan fingerprint density at radius 1 is 1.00 bits per heavy atom. The molecule has 1 saturated heterocycles. The van der Waals surface area contributed by atoms with Gasteiger partial charge >= 0.3 is 5.69 Å². The van der Waals surface area contributed by atoms with E-state index in [1.807, 2.05) is 58.0 Å². The number of carbonyl (C=O) groups is 1. The summed E-state index contributed by atoms with van der Waals surface area (Å²) >= 11 is 0. The molecular formula is C30H36N4O2. The highest BCUT2D eigenvalue weighted by Crippen LogP contribution is 2.34. The van der Waals surface area contributed by atoms with E-state index in [0.717, 1.165) is 56.5 Å². The predicted octanol–water partition coefficient (Wildman–Crippen LogP) is 4.66. The monoisotopic (exact) mass is 484 g/mol. The van der Waals surface area contributed by atoms with Crippen molar-refractivity contribution in [1.29, 1.82) is 0 Å². The highest BCUT2D eigenvalue weighted by Gasteiger charge is 2.35. The van der Waals surface area contributed by atoms with Crippen molar-refractivity contribution in [2.24, 2.45) is 0 Å². The number of benzene rings is 2. The van der Waals surface area contributed by atoms with Crippen LogP contribution in [-0.2, 0) is 13.0 Å². The number of carbonyl (C=O) groups excluding carboxylic acids is 1. The average molecular weight is 485 g/mol. The minimum atomic E-state index is -0.0984. The normalized spacial score (nSPS) is 18.8. The van der Waals surface area contributed by atoms with Crippen molar-refractivity contribution in [2.45, 2.75) is 57.2 Å². The van der Waals surface area contributed by atoms with E-state index in [2.05, 4.69) is 24.0 Å². The summed E-state index contributed by atoms with van der Waals surface area (Å²) in [5.74, 6) is -0.0650. The topological polar surface area (TPSA) is 59.3 Å². The summed E-state index contributed by atoms with van der Waals surface area (Å²) in [5.41, 5.74) is 3.28. The first-order chi connectivity index (χ1) is 17.7. The molecule has 1 amide bonds. The number of hydrogen-bond donors (Lipinski definition) is 1. The Labute approximate surface area is 213 Å². The lowest BCUT2D eigenvalue weighted by atomic mass is 9.94. The third-order valence-corrected chi connectivity index (χ3v) is 7.60. The summed E-state index contributed by atoms with van der Waals surface area (Å²) in [7, 11) is 0. The molecule has 2 aliphatic rings. The van der Waals surface area contributed by atoms with Gasteiger partial charge in [0.05, 0.1) is 5.69 Å². The highest BCUT2D eigenvalue weighted by atomic mass is 16.2. The zero-order valence-corrected chi connectivity index (χ0v) is 20.9. The molecule has 0 bridgehead atoms. The van der Waals surface area contributed by atoms with E-state index in [1.54, 1.807) is 10.6 Å². The molecule has 2 aromatic carbocycles. The molecule has 0 spiro atoms. The molecular weight excluding hydrogens is 448 g/mol. The van der Waals surface area contributed by atoms with Crippen LogP contribution in [0.2, 0.25) is 0 Å². The maximum atomic E-state index is 14.4. The third-order valence-electron chi connectivity index (χ3n) is 7.60.